The van der Waals surface area contributed by atoms with Crippen LogP contribution < -0.4 is 0 Å². The molecule has 5 rings (SSSR count). The molecule has 0 bridgehead atoms. The predicted octanol–water partition coefficient (Wildman–Crippen LogP) is 4.46. The van der Waals surface area contributed by atoms with Crippen LogP contribution in [0.1, 0.15) is 35.2 Å². The number of rotatable bonds is 5. The van der Waals surface area contributed by atoms with Crippen molar-refractivity contribution in [3.05, 3.63) is 76.5 Å². The summed E-state index contributed by atoms with van der Waals surface area (Å²) in [5.41, 5.74) is 3.57. The first-order valence-corrected chi connectivity index (χ1v) is 11.4. The molecule has 0 N–H and O–H groups in total. The topological polar surface area (TPSA) is 88.9 Å². The number of hydrazone groups is 1. The number of hydrogen-bond donors (Lipinski definition) is 0. The quantitative estimate of drug-likeness (QED) is 0.403. The Kier molecular flexibility index (Phi) is 5.44. The Morgan fingerprint density at radius 2 is 2.03 bits per heavy atom. The summed E-state index contributed by atoms with van der Waals surface area (Å²) in [7, 11) is 0. The zero-order chi connectivity index (χ0) is 22.2. The van der Waals surface area contributed by atoms with Crippen molar-refractivity contribution in [1.29, 1.82) is 0 Å². The summed E-state index contributed by atoms with van der Waals surface area (Å²) in [6.07, 6.45) is 2.16. The molecule has 0 saturated carbocycles. The predicted molar refractivity (Wildman–Crippen MR) is 122 cm³/mol. The largest absolute Gasteiger partial charge is 0.467 e. The van der Waals surface area contributed by atoms with Crippen LogP contribution in [0.4, 0.5) is 0 Å². The van der Waals surface area contributed by atoms with Gasteiger partial charge in [-0.3, -0.25) is 9.20 Å². The Labute approximate surface area is 193 Å². The van der Waals surface area contributed by atoms with Gasteiger partial charge in [0.15, 0.2) is 5.16 Å². The highest BCUT2D eigenvalue weighted by Crippen LogP contribution is 2.34. The third-order valence-corrected chi connectivity index (χ3v) is 6.37. The number of aromatic nitrogens is 4. The van der Waals surface area contributed by atoms with Crippen molar-refractivity contribution in [3.8, 4) is 0 Å². The Morgan fingerprint density at radius 3 is 2.78 bits per heavy atom. The van der Waals surface area contributed by atoms with Crippen LogP contribution in [-0.2, 0) is 4.79 Å². The highest BCUT2D eigenvalue weighted by atomic mass is 35.5. The fourth-order valence-electron chi connectivity index (χ4n) is 3.75. The molecule has 0 radical (unpaired) electrons. The van der Waals surface area contributed by atoms with Crippen molar-refractivity contribution in [2.45, 2.75) is 31.5 Å². The molecule has 0 unspecified atom stereocenters. The molecule has 1 aliphatic rings. The molecule has 1 aliphatic heterocycles. The SMILES string of the molecule is Cc1cc(C)n2c(SCC(=O)N3N=C(c4ccc(Cl)cc4)C[C@H]3c3ccco3)nnc2n1. The lowest BCUT2D eigenvalue weighted by atomic mass is 10.0. The molecular formula is C22H19ClN6O2S. The number of nitrogens with zero attached hydrogens (tertiary/aromatic N) is 6. The number of carbonyl (C=O) groups is 1. The third kappa shape index (κ3) is 3.89. The highest BCUT2D eigenvalue weighted by molar-refractivity contribution is 7.99. The number of halogens is 1. The molecule has 0 fully saturated rings. The van der Waals surface area contributed by atoms with E-state index in [1.807, 2.05) is 60.7 Å². The van der Waals surface area contributed by atoms with Crippen molar-refractivity contribution in [3.63, 3.8) is 0 Å². The van der Waals surface area contributed by atoms with Crippen LogP contribution in [0.2, 0.25) is 5.02 Å². The molecule has 1 atom stereocenters. The van der Waals surface area contributed by atoms with Gasteiger partial charge in [-0.2, -0.15) is 5.10 Å². The molecular weight excluding hydrogens is 448 g/mol. The van der Waals surface area contributed by atoms with Crippen LogP contribution >= 0.6 is 23.4 Å². The van der Waals surface area contributed by atoms with Gasteiger partial charge in [-0.05, 0) is 49.7 Å². The third-order valence-electron chi connectivity index (χ3n) is 5.20. The van der Waals surface area contributed by atoms with Crippen molar-refractivity contribution < 1.29 is 9.21 Å². The van der Waals surface area contributed by atoms with Crippen LogP contribution in [0.25, 0.3) is 5.78 Å². The minimum atomic E-state index is -0.301. The van der Waals surface area contributed by atoms with E-state index in [-0.39, 0.29) is 17.7 Å². The highest BCUT2D eigenvalue weighted by Gasteiger charge is 2.35. The van der Waals surface area contributed by atoms with E-state index >= 15 is 0 Å². The second-order valence-corrected chi connectivity index (χ2v) is 8.85. The zero-order valence-corrected chi connectivity index (χ0v) is 19.0. The Bertz CT molecular complexity index is 1320. The standard InChI is InChI=1S/C22H19ClN6O2S/c1-13-10-14(2)28-21(24-13)25-26-22(28)32-12-20(30)29-18(19-4-3-9-31-19)11-17(27-29)15-5-7-16(23)8-6-15/h3-10,18H,11-12H2,1-2H3/t18-/m0/s1. The number of hydrogen-bond acceptors (Lipinski definition) is 7. The molecule has 1 amide bonds. The van der Waals surface area contributed by atoms with Crippen LogP contribution in [-0.4, -0.2) is 42.0 Å². The molecule has 32 heavy (non-hydrogen) atoms. The smallest absolute Gasteiger partial charge is 0.256 e. The Hall–Kier alpha value is -3.17. The average Bonchev–Trinajstić information content (AvgIpc) is 3.51. The maximum atomic E-state index is 13.2. The van der Waals surface area contributed by atoms with E-state index in [1.54, 1.807) is 6.26 Å². The monoisotopic (exact) mass is 466 g/mol. The first-order valence-electron chi connectivity index (χ1n) is 10.0. The molecule has 4 aromatic rings. The molecule has 3 aromatic heterocycles. The summed E-state index contributed by atoms with van der Waals surface area (Å²) < 4.78 is 7.45. The first-order chi connectivity index (χ1) is 15.5. The number of aryl methyl sites for hydroxylation is 2. The normalized spacial score (nSPS) is 16.0. The van der Waals surface area contributed by atoms with Crippen molar-refractivity contribution in [2.24, 2.45) is 5.10 Å². The van der Waals surface area contributed by atoms with Gasteiger partial charge in [-0.25, -0.2) is 9.99 Å². The van der Waals surface area contributed by atoms with Gasteiger partial charge in [0, 0.05) is 22.8 Å². The van der Waals surface area contributed by atoms with Gasteiger partial charge in [0.25, 0.3) is 11.7 Å². The summed E-state index contributed by atoms with van der Waals surface area (Å²) >= 11 is 7.33. The van der Waals surface area contributed by atoms with Gasteiger partial charge < -0.3 is 4.42 Å². The van der Waals surface area contributed by atoms with Crippen LogP contribution in [0.5, 0.6) is 0 Å². The molecule has 1 aromatic carbocycles. The molecule has 8 nitrogen and oxygen atoms in total. The van der Waals surface area contributed by atoms with Gasteiger partial charge in [0.2, 0.25) is 0 Å². The fraction of sp³-hybridized carbons (Fsp3) is 0.227. The minimum absolute atomic E-state index is 0.144. The number of thioether (sulfide) groups is 1. The van der Waals surface area contributed by atoms with Crippen LogP contribution in [0, 0.1) is 13.8 Å². The first kappa shape index (κ1) is 20.7. The minimum Gasteiger partial charge on any atom is -0.467 e. The lowest BCUT2D eigenvalue weighted by molar-refractivity contribution is -0.130. The summed E-state index contributed by atoms with van der Waals surface area (Å²) in [5, 5.41) is 15.8. The Balaban J connectivity index is 1.39. The van der Waals surface area contributed by atoms with Gasteiger partial charge in [-0.15, -0.1) is 10.2 Å². The van der Waals surface area contributed by atoms with Crippen LogP contribution in [0.3, 0.4) is 0 Å². The molecule has 0 spiro atoms. The van der Waals surface area contributed by atoms with E-state index in [9.17, 15) is 4.79 Å². The number of amides is 1. The van der Waals surface area contributed by atoms with Crippen molar-refractivity contribution >= 4 is 40.8 Å². The zero-order valence-electron chi connectivity index (χ0n) is 17.4. The van der Waals surface area contributed by atoms with E-state index in [4.69, 9.17) is 16.0 Å². The number of benzene rings is 1. The van der Waals surface area contributed by atoms with E-state index in [2.05, 4.69) is 20.3 Å². The Morgan fingerprint density at radius 1 is 1.22 bits per heavy atom. The lowest BCUT2D eigenvalue weighted by Crippen LogP contribution is -2.28. The number of furan rings is 1. The summed E-state index contributed by atoms with van der Waals surface area (Å²) in [6, 6.07) is 12.8. The summed E-state index contributed by atoms with van der Waals surface area (Å²) in [6.45, 7) is 3.88. The van der Waals surface area contributed by atoms with Crippen molar-refractivity contribution in [2.75, 3.05) is 5.75 Å². The lowest BCUT2D eigenvalue weighted by Gasteiger charge is -2.19. The van der Waals surface area contributed by atoms with Gasteiger partial charge in [0.05, 0.1) is 17.7 Å². The molecule has 4 heterocycles. The second kappa shape index (κ2) is 8.40. The maximum absolute atomic E-state index is 13.2. The fourth-order valence-corrected chi connectivity index (χ4v) is 4.71. The van der Waals surface area contributed by atoms with E-state index in [1.165, 1.54) is 16.8 Å². The number of fused-ring (bicyclic) bond motifs is 1. The van der Waals surface area contributed by atoms with E-state index in [0.29, 0.717) is 28.1 Å². The number of carbonyl (C=O) groups excluding carboxylic acids is 1. The molecule has 10 heteroatoms. The van der Waals surface area contributed by atoms with Gasteiger partial charge in [-0.1, -0.05) is 35.5 Å². The van der Waals surface area contributed by atoms with E-state index < -0.39 is 0 Å². The summed E-state index contributed by atoms with van der Waals surface area (Å²) in [5.74, 6) is 1.23. The molecule has 0 aliphatic carbocycles. The van der Waals surface area contributed by atoms with E-state index in [0.717, 1.165) is 22.7 Å². The molecule has 0 saturated heterocycles. The average molecular weight is 467 g/mol. The summed E-state index contributed by atoms with van der Waals surface area (Å²) in [4.78, 5) is 17.6. The van der Waals surface area contributed by atoms with Gasteiger partial charge >= 0.3 is 0 Å². The van der Waals surface area contributed by atoms with Crippen molar-refractivity contribution in [1.82, 2.24) is 24.6 Å². The van der Waals surface area contributed by atoms with Gasteiger partial charge in [0.1, 0.15) is 11.8 Å². The molecule has 162 valence electrons. The second-order valence-electron chi connectivity index (χ2n) is 7.47. The van der Waals surface area contributed by atoms with Crippen LogP contribution in [0.15, 0.2) is 63.4 Å². The maximum Gasteiger partial charge on any atom is 0.256 e.